The number of phenols is 1. The fourth-order valence-electron chi connectivity index (χ4n) is 3.78. The second-order valence-electron chi connectivity index (χ2n) is 7.26. The number of aliphatic hydroxyl groups is 1. The third-order valence-electron chi connectivity index (χ3n) is 5.23. The number of carbonyl (C=O) groups excluding carboxylic acids is 1. The summed E-state index contributed by atoms with van der Waals surface area (Å²) in [6.45, 7) is -0.578. The van der Waals surface area contributed by atoms with Crippen molar-refractivity contribution in [2.45, 2.75) is 24.6 Å². The molecule has 2 aromatic carbocycles. The Morgan fingerprint density at radius 2 is 1.81 bits per heavy atom. The lowest BCUT2D eigenvalue weighted by Crippen LogP contribution is -2.52. The molecule has 2 atom stereocenters. The van der Waals surface area contributed by atoms with Crippen molar-refractivity contribution in [3.05, 3.63) is 71.4 Å². The van der Waals surface area contributed by atoms with Gasteiger partial charge in [0.2, 0.25) is 11.4 Å². The molecule has 3 aromatic rings. The number of aromatic hydroxyl groups is 1. The number of nitrogens with zero attached hydrogens (tertiary/aromatic N) is 1. The van der Waals surface area contributed by atoms with Gasteiger partial charge >= 0.3 is 6.18 Å². The zero-order valence-corrected chi connectivity index (χ0v) is 15.9. The summed E-state index contributed by atoms with van der Waals surface area (Å²) in [7, 11) is 0. The Bertz CT molecular complexity index is 1240. The molecule has 3 heterocycles. The molecule has 2 aliphatic heterocycles. The van der Waals surface area contributed by atoms with Gasteiger partial charge in [-0.25, -0.2) is 4.39 Å². The van der Waals surface area contributed by atoms with E-state index in [4.69, 9.17) is 13.9 Å². The van der Waals surface area contributed by atoms with Crippen molar-refractivity contribution >= 4 is 11.6 Å². The van der Waals surface area contributed by atoms with E-state index in [0.717, 1.165) is 17.0 Å². The van der Waals surface area contributed by atoms with E-state index in [1.54, 1.807) is 0 Å². The minimum Gasteiger partial charge on any atom is -0.508 e. The second-order valence-corrected chi connectivity index (χ2v) is 7.26. The number of furan rings is 1. The van der Waals surface area contributed by atoms with Crippen molar-refractivity contribution in [1.82, 2.24) is 0 Å². The minimum absolute atomic E-state index is 0.0495. The number of phenolic OH excluding ortho intramolecular Hbond substituents is 1. The number of hydrogen-bond acceptors (Lipinski definition) is 6. The highest BCUT2D eigenvalue weighted by Crippen LogP contribution is 2.49. The summed E-state index contributed by atoms with van der Waals surface area (Å²) in [6, 6.07) is 9.16. The summed E-state index contributed by atoms with van der Waals surface area (Å²) >= 11 is 0. The van der Waals surface area contributed by atoms with Crippen molar-refractivity contribution in [2.75, 3.05) is 4.90 Å². The maximum atomic E-state index is 14.7. The fraction of sp³-hybridized carbons (Fsp3) is 0.190. The molecule has 0 radical (unpaired) electrons. The first kappa shape index (κ1) is 20.2. The monoisotopic (exact) mass is 451 g/mol. The molecule has 0 bridgehead atoms. The van der Waals surface area contributed by atoms with Crippen LogP contribution in [0, 0.1) is 5.82 Å². The molecule has 5 rings (SSSR count). The summed E-state index contributed by atoms with van der Waals surface area (Å²) in [5.74, 6) is -3.48. The molecule has 32 heavy (non-hydrogen) atoms. The molecule has 0 aliphatic carbocycles. The topological polar surface area (TPSA) is 92.4 Å². The van der Waals surface area contributed by atoms with Gasteiger partial charge in [-0.3, -0.25) is 9.69 Å². The van der Waals surface area contributed by atoms with Gasteiger partial charge in [0, 0.05) is 11.6 Å². The number of fused-ring (bicyclic) bond motifs is 2. The fourth-order valence-corrected chi connectivity index (χ4v) is 3.78. The number of anilines is 1. The molecule has 166 valence electrons. The summed E-state index contributed by atoms with van der Waals surface area (Å²) in [6.07, 6.45) is -6.38. The van der Waals surface area contributed by atoms with Crippen molar-refractivity contribution in [2.24, 2.45) is 0 Å². The first-order chi connectivity index (χ1) is 15.1. The average Bonchev–Trinajstić information content (AvgIpc) is 3.42. The van der Waals surface area contributed by atoms with Crippen LogP contribution in [-0.2, 0) is 23.1 Å². The van der Waals surface area contributed by atoms with Crippen molar-refractivity contribution < 1.29 is 46.5 Å². The number of para-hydroxylation sites is 1. The normalized spacial score (nSPS) is 21.8. The van der Waals surface area contributed by atoms with Crippen molar-refractivity contribution in [1.29, 1.82) is 0 Å². The smallest absolute Gasteiger partial charge is 0.449 e. The van der Waals surface area contributed by atoms with Crippen LogP contribution in [0.4, 0.5) is 23.2 Å². The van der Waals surface area contributed by atoms with E-state index in [2.05, 4.69) is 0 Å². The van der Waals surface area contributed by atoms with Crippen LogP contribution in [0.2, 0.25) is 0 Å². The standard InChI is InChI=1S/C21H13F4NO6/c22-13-3-1-2-12-17(13)26(9-11-5-7-16(30-11)21(23,24)25)18(28)20(12,29)19-31-14-6-4-10(27)8-15(14)32-19/h1-8,19,27,29H,9H2. The molecular formula is C21H13F4NO6. The molecule has 1 amide bonds. The first-order valence-electron chi connectivity index (χ1n) is 9.24. The van der Waals surface area contributed by atoms with Crippen LogP contribution in [0.5, 0.6) is 17.2 Å². The lowest BCUT2D eigenvalue weighted by molar-refractivity contribution is -0.166. The van der Waals surface area contributed by atoms with Crippen LogP contribution < -0.4 is 14.4 Å². The zero-order valence-electron chi connectivity index (χ0n) is 15.9. The molecule has 0 spiro atoms. The maximum absolute atomic E-state index is 14.7. The predicted molar refractivity (Wildman–Crippen MR) is 98.3 cm³/mol. The molecule has 0 saturated heterocycles. The number of carbonyl (C=O) groups is 1. The van der Waals surface area contributed by atoms with E-state index in [0.29, 0.717) is 6.07 Å². The number of hydrogen-bond donors (Lipinski definition) is 2. The van der Waals surface area contributed by atoms with Crippen LogP contribution >= 0.6 is 0 Å². The highest BCUT2D eigenvalue weighted by molar-refractivity contribution is 6.07. The van der Waals surface area contributed by atoms with Gasteiger partial charge in [-0.2, -0.15) is 13.2 Å². The number of alkyl halides is 3. The van der Waals surface area contributed by atoms with E-state index in [1.165, 1.54) is 30.3 Å². The van der Waals surface area contributed by atoms with E-state index in [9.17, 15) is 32.6 Å². The lowest BCUT2D eigenvalue weighted by atomic mass is 9.94. The third-order valence-corrected chi connectivity index (χ3v) is 5.23. The van der Waals surface area contributed by atoms with Gasteiger partial charge in [0.15, 0.2) is 11.5 Å². The van der Waals surface area contributed by atoms with Crippen LogP contribution in [0.15, 0.2) is 52.9 Å². The first-order valence-corrected chi connectivity index (χ1v) is 9.24. The predicted octanol–water partition coefficient (Wildman–Crippen LogP) is 3.68. The van der Waals surface area contributed by atoms with E-state index < -0.39 is 42.1 Å². The number of halogens is 4. The molecule has 2 N–H and O–H groups in total. The second kappa shape index (κ2) is 6.63. The van der Waals surface area contributed by atoms with Gasteiger partial charge in [-0.15, -0.1) is 0 Å². The molecule has 0 fully saturated rings. The molecule has 2 unspecified atom stereocenters. The molecule has 2 aliphatic rings. The van der Waals surface area contributed by atoms with E-state index in [1.807, 2.05) is 0 Å². The Labute approximate surface area is 177 Å². The van der Waals surface area contributed by atoms with Gasteiger partial charge < -0.3 is 24.1 Å². The van der Waals surface area contributed by atoms with Crippen LogP contribution in [0.1, 0.15) is 17.1 Å². The Kier molecular flexibility index (Phi) is 4.18. The van der Waals surface area contributed by atoms with Crippen LogP contribution in [0.3, 0.4) is 0 Å². The average molecular weight is 451 g/mol. The summed E-state index contributed by atoms with van der Waals surface area (Å²) in [5, 5.41) is 21.0. The van der Waals surface area contributed by atoms with Crippen molar-refractivity contribution in [3.8, 4) is 17.2 Å². The van der Waals surface area contributed by atoms with Crippen LogP contribution in [-0.4, -0.2) is 22.4 Å². The Hall–Kier alpha value is -3.73. The molecule has 11 heteroatoms. The highest BCUT2D eigenvalue weighted by atomic mass is 19.4. The van der Waals surface area contributed by atoms with E-state index in [-0.39, 0.29) is 34.3 Å². The quantitative estimate of drug-likeness (QED) is 0.591. The van der Waals surface area contributed by atoms with Gasteiger partial charge in [-0.1, -0.05) is 12.1 Å². The molecule has 0 saturated carbocycles. The SMILES string of the molecule is O=C1N(Cc2ccc(C(F)(F)F)o2)c2c(F)cccc2C1(O)C1Oc2ccc(O)cc2O1. The lowest BCUT2D eigenvalue weighted by Gasteiger charge is -2.27. The summed E-state index contributed by atoms with van der Waals surface area (Å²) in [4.78, 5) is 14.1. The maximum Gasteiger partial charge on any atom is 0.449 e. The molecule has 7 nitrogen and oxygen atoms in total. The zero-order chi connectivity index (χ0) is 22.8. The van der Waals surface area contributed by atoms with Gasteiger partial charge in [0.25, 0.3) is 12.2 Å². The highest BCUT2D eigenvalue weighted by Gasteiger charge is 2.60. The molecule has 1 aromatic heterocycles. The molecular weight excluding hydrogens is 438 g/mol. The number of amides is 1. The van der Waals surface area contributed by atoms with E-state index >= 15 is 0 Å². The number of ether oxygens (including phenoxy) is 2. The van der Waals surface area contributed by atoms with Crippen molar-refractivity contribution in [3.63, 3.8) is 0 Å². The van der Waals surface area contributed by atoms with Gasteiger partial charge in [-0.05, 0) is 30.3 Å². The minimum atomic E-state index is -4.74. The Balaban J connectivity index is 1.53. The largest absolute Gasteiger partial charge is 0.508 e. The third kappa shape index (κ3) is 2.88. The summed E-state index contributed by atoms with van der Waals surface area (Å²) < 4.78 is 69.1. The number of benzene rings is 2. The Morgan fingerprint density at radius 1 is 1.06 bits per heavy atom. The Morgan fingerprint density at radius 3 is 2.53 bits per heavy atom. The summed E-state index contributed by atoms with van der Waals surface area (Å²) in [5.41, 5.74) is -3.05. The van der Waals surface area contributed by atoms with Gasteiger partial charge in [0.05, 0.1) is 12.2 Å². The van der Waals surface area contributed by atoms with Gasteiger partial charge in [0.1, 0.15) is 17.3 Å². The number of rotatable bonds is 3. The van der Waals surface area contributed by atoms with Crippen LogP contribution in [0.25, 0.3) is 0 Å².